The highest BCUT2D eigenvalue weighted by Gasteiger charge is 2.52. The number of nitrogens with zero attached hydrogens (tertiary/aromatic N) is 3. The number of aromatic nitrogens is 3. The van der Waals surface area contributed by atoms with Gasteiger partial charge in [0.2, 0.25) is 0 Å². The van der Waals surface area contributed by atoms with Gasteiger partial charge in [-0.1, -0.05) is 13.0 Å². The van der Waals surface area contributed by atoms with Crippen LogP contribution in [0.25, 0.3) is 0 Å². The maximum Gasteiger partial charge on any atom is 0.0478 e. The molecule has 3 heterocycles. The lowest BCUT2D eigenvalue weighted by Crippen LogP contribution is -2.26. The van der Waals surface area contributed by atoms with Gasteiger partial charge in [-0.2, -0.15) is 0 Å². The molecule has 0 N–H and O–H groups in total. The minimum absolute atomic E-state index is 0.420. The van der Waals surface area contributed by atoms with E-state index in [0.29, 0.717) is 28.6 Å². The summed E-state index contributed by atoms with van der Waals surface area (Å²) < 4.78 is 0. The Labute approximate surface area is 226 Å². The van der Waals surface area contributed by atoms with Crippen LogP contribution < -0.4 is 0 Å². The maximum atomic E-state index is 5.19. The number of hydrogen-bond donors (Lipinski definition) is 0. The summed E-state index contributed by atoms with van der Waals surface area (Å²) in [6.07, 6.45) is 22.1. The lowest BCUT2D eigenvalue weighted by atomic mass is 9.70. The van der Waals surface area contributed by atoms with Gasteiger partial charge >= 0.3 is 0 Å². The van der Waals surface area contributed by atoms with Crippen molar-refractivity contribution in [1.82, 2.24) is 15.0 Å². The molecule has 4 unspecified atom stereocenters. The molecule has 3 aromatic rings. The third-order valence-corrected chi connectivity index (χ3v) is 11.8. The minimum Gasteiger partial charge on any atom is -0.261 e. The first-order chi connectivity index (χ1) is 18.6. The van der Waals surface area contributed by atoms with Crippen molar-refractivity contribution in [3.63, 3.8) is 0 Å². The number of rotatable bonds is 4. The highest BCUT2D eigenvalue weighted by molar-refractivity contribution is 5.48. The summed E-state index contributed by atoms with van der Waals surface area (Å²) in [5.41, 5.74) is 13.3. The predicted octanol–water partition coefficient (Wildman–Crippen LogP) is 7.69. The molecule has 3 saturated carbocycles. The largest absolute Gasteiger partial charge is 0.261 e. The lowest BCUT2D eigenvalue weighted by Gasteiger charge is -2.35. The van der Waals surface area contributed by atoms with Crippen LogP contribution in [0.2, 0.25) is 0 Å². The Kier molecular flexibility index (Phi) is 4.55. The molecule has 0 bridgehead atoms. The molecule has 5 atom stereocenters. The summed E-state index contributed by atoms with van der Waals surface area (Å²) in [7, 11) is 0. The standard InChI is InChI=1S/C35H39N3/c1-21-19-34(8-9-34)20-29-22(5-13-37-31(21)29)15-24-4-7-35(10-11-35)30-23(6-14-38-33(24)30)16-26-17-25-18-28(25)27-3-2-12-36-32(26)27/h2-3,5-6,12-14,21,24-26,28H,4,7-11,15-20H2,1H3/t21-,24?,25?,26?,28?/m0/s1. The first kappa shape index (κ1) is 22.3. The Balaban J connectivity index is 1.07. The molecular formula is C35H39N3. The fraction of sp³-hybridized carbons (Fsp3) is 0.571. The van der Waals surface area contributed by atoms with E-state index in [9.17, 15) is 0 Å². The van der Waals surface area contributed by atoms with Crippen LogP contribution in [-0.2, 0) is 24.7 Å². The zero-order valence-electron chi connectivity index (χ0n) is 22.8. The molecule has 0 aromatic carbocycles. The summed E-state index contributed by atoms with van der Waals surface area (Å²) in [4.78, 5) is 15.1. The molecule has 3 nitrogen and oxygen atoms in total. The van der Waals surface area contributed by atoms with Gasteiger partial charge in [0, 0.05) is 47.5 Å². The van der Waals surface area contributed by atoms with Gasteiger partial charge in [-0.05, 0) is 152 Å². The average Bonchev–Trinajstić information content (AvgIpc) is 3.83. The van der Waals surface area contributed by atoms with E-state index in [0.717, 1.165) is 24.7 Å². The molecule has 0 radical (unpaired) electrons. The predicted molar refractivity (Wildman–Crippen MR) is 150 cm³/mol. The van der Waals surface area contributed by atoms with Gasteiger partial charge < -0.3 is 0 Å². The number of pyridine rings is 3. The van der Waals surface area contributed by atoms with Crippen LogP contribution in [0.5, 0.6) is 0 Å². The van der Waals surface area contributed by atoms with Crippen molar-refractivity contribution in [3.8, 4) is 0 Å². The Bertz CT molecular complexity index is 1450. The summed E-state index contributed by atoms with van der Waals surface area (Å²) in [6, 6.07) is 9.25. The van der Waals surface area contributed by atoms with Crippen LogP contribution in [-0.4, -0.2) is 15.0 Å². The van der Waals surface area contributed by atoms with Crippen molar-refractivity contribution in [2.24, 2.45) is 11.3 Å². The highest BCUT2D eigenvalue weighted by atomic mass is 14.7. The molecule has 38 heavy (non-hydrogen) atoms. The van der Waals surface area contributed by atoms with Gasteiger partial charge in [0.25, 0.3) is 0 Å². The number of fused-ring (bicyclic) bond motifs is 6. The molecule has 3 aromatic heterocycles. The molecule has 6 aliphatic rings. The third kappa shape index (κ3) is 3.36. The fourth-order valence-corrected chi connectivity index (χ4v) is 9.46. The topological polar surface area (TPSA) is 38.7 Å². The smallest absolute Gasteiger partial charge is 0.0478 e. The average molecular weight is 502 g/mol. The molecule has 0 aliphatic heterocycles. The third-order valence-electron chi connectivity index (χ3n) is 11.8. The summed E-state index contributed by atoms with van der Waals surface area (Å²) in [5, 5.41) is 0. The molecular weight excluding hydrogens is 462 g/mol. The van der Waals surface area contributed by atoms with E-state index >= 15 is 0 Å². The van der Waals surface area contributed by atoms with Crippen molar-refractivity contribution in [1.29, 1.82) is 0 Å². The molecule has 194 valence electrons. The number of hydrogen-bond acceptors (Lipinski definition) is 3. The van der Waals surface area contributed by atoms with Crippen LogP contribution in [0.3, 0.4) is 0 Å². The van der Waals surface area contributed by atoms with E-state index in [1.165, 1.54) is 81.3 Å². The van der Waals surface area contributed by atoms with Crippen molar-refractivity contribution < 1.29 is 0 Å². The van der Waals surface area contributed by atoms with Gasteiger partial charge in [0.05, 0.1) is 0 Å². The zero-order chi connectivity index (χ0) is 25.1. The van der Waals surface area contributed by atoms with E-state index in [2.05, 4.69) is 43.6 Å². The van der Waals surface area contributed by atoms with E-state index < -0.39 is 0 Å². The van der Waals surface area contributed by atoms with Crippen LogP contribution in [0.15, 0.2) is 42.9 Å². The second-order valence-corrected chi connectivity index (χ2v) is 14.3. The van der Waals surface area contributed by atoms with Crippen LogP contribution in [0.1, 0.15) is 133 Å². The van der Waals surface area contributed by atoms with Gasteiger partial charge in [-0.3, -0.25) is 15.0 Å². The second kappa shape index (κ2) is 7.77. The minimum atomic E-state index is 0.420. The first-order valence-corrected chi connectivity index (χ1v) is 15.5. The van der Waals surface area contributed by atoms with Crippen molar-refractivity contribution in [3.05, 3.63) is 87.8 Å². The summed E-state index contributed by atoms with van der Waals surface area (Å²) in [5.74, 6) is 3.41. The van der Waals surface area contributed by atoms with Gasteiger partial charge in [-0.15, -0.1) is 0 Å². The second-order valence-electron chi connectivity index (χ2n) is 14.3. The van der Waals surface area contributed by atoms with E-state index in [1.54, 1.807) is 27.8 Å². The Morgan fingerprint density at radius 2 is 1.58 bits per heavy atom. The summed E-state index contributed by atoms with van der Waals surface area (Å²) in [6.45, 7) is 2.41. The monoisotopic (exact) mass is 501 g/mol. The Morgan fingerprint density at radius 1 is 0.789 bits per heavy atom. The first-order valence-electron chi connectivity index (χ1n) is 15.5. The van der Waals surface area contributed by atoms with Crippen molar-refractivity contribution in [2.75, 3.05) is 0 Å². The Morgan fingerprint density at radius 3 is 2.42 bits per heavy atom. The van der Waals surface area contributed by atoms with Crippen LogP contribution >= 0.6 is 0 Å². The van der Waals surface area contributed by atoms with E-state index in [1.807, 2.05) is 6.20 Å². The van der Waals surface area contributed by atoms with Crippen LogP contribution in [0.4, 0.5) is 0 Å². The lowest BCUT2D eigenvalue weighted by molar-refractivity contribution is 0.384. The zero-order valence-corrected chi connectivity index (χ0v) is 22.8. The molecule has 0 amide bonds. The van der Waals surface area contributed by atoms with Gasteiger partial charge in [-0.25, -0.2) is 0 Å². The molecule has 0 saturated heterocycles. The normalized spacial score (nSPS) is 32.2. The van der Waals surface area contributed by atoms with E-state index in [4.69, 9.17) is 15.0 Å². The molecule has 3 fully saturated rings. The van der Waals surface area contributed by atoms with Gasteiger partial charge in [0.1, 0.15) is 0 Å². The SMILES string of the molecule is C[C@H]1CC2(CC2)Cc2c(CC3CCC4(CC4)c4c(CC5CC6CC6c6cccnc65)ccnc43)ccnc21. The highest BCUT2D eigenvalue weighted by Crippen LogP contribution is 2.62. The molecule has 3 heteroatoms. The van der Waals surface area contributed by atoms with Crippen molar-refractivity contribution in [2.45, 2.75) is 113 Å². The van der Waals surface area contributed by atoms with Crippen LogP contribution in [0, 0.1) is 11.3 Å². The Hall–Kier alpha value is -2.55. The molecule has 2 spiro atoms. The van der Waals surface area contributed by atoms with Crippen molar-refractivity contribution >= 4 is 0 Å². The molecule has 9 rings (SSSR count). The summed E-state index contributed by atoms with van der Waals surface area (Å²) >= 11 is 0. The van der Waals surface area contributed by atoms with E-state index in [-0.39, 0.29) is 0 Å². The maximum absolute atomic E-state index is 5.19. The van der Waals surface area contributed by atoms with Gasteiger partial charge in [0.15, 0.2) is 0 Å². The quantitative estimate of drug-likeness (QED) is 0.368. The fourth-order valence-electron chi connectivity index (χ4n) is 9.46. The molecule has 6 aliphatic carbocycles.